The van der Waals surface area contributed by atoms with Gasteiger partial charge in [0.05, 0.1) is 0 Å². The number of alkyl halides is 2. The second-order valence-corrected chi connectivity index (χ2v) is 5.37. The average Bonchev–Trinajstić information content (AvgIpc) is 2.36. The van der Waals surface area contributed by atoms with Gasteiger partial charge in [0.2, 0.25) is 5.91 Å². The van der Waals surface area contributed by atoms with Gasteiger partial charge >= 0.3 is 6.43 Å². The fraction of sp³-hybridized carbons (Fsp3) is 0.846. The highest BCUT2D eigenvalue weighted by atomic mass is 19.3. The van der Waals surface area contributed by atoms with Crippen LogP contribution >= 0.6 is 0 Å². The van der Waals surface area contributed by atoms with E-state index in [0.29, 0.717) is 0 Å². The molecule has 0 aromatic rings. The summed E-state index contributed by atoms with van der Waals surface area (Å²) in [5, 5.41) is 4.95. The van der Waals surface area contributed by atoms with Crippen molar-refractivity contribution in [3.8, 4) is 0 Å². The third-order valence-corrected chi connectivity index (χ3v) is 3.40. The second kappa shape index (κ2) is 7.40. The van der Waals surface area contributed by atoms with Crippen LogP contribution in [0.25, 0.3) is 0 Å². The quantitative estimate of drug-likeness (QED) is 0.805. The Kier molecular flexibility index (Phi) is 6.18. The molecule has 2 N–H and O–H groups in total. The van der Waals surface area contributed by atoms with Crippen molar-refractivity contribution >= 4 is 11.8 Å². The summed E-state index contributed by atoms with van der Waals surface area (Å²) < 4.78 is 24.5. The number of carbonyl (C=O) groups excluding carboxylic acids is 2. The Bertz CT molecular complexity index is 316. The summed E-state index contributed by atoms with van der Waals surface area (Å²) in [5.74, 6) is -1.99. The fourth-order valence-electron chi connectivity index (χ4n) is 2.29. The van der Waals surface area contributed by atoms with E-state index in [1.807, 2.05) is 0 Å². The minimum absolute atomic E-state index is 0.103. The summed E-state index contributed by atoms with van der Waals surface area (Å²) in [6.07, 6.45) is 2.05. The highest BCUT2D eigenvalue weighted by molar-refractivity contribution is 5.89. The lowest BCUT2D eigenvalue weighted by Gasteiger charge is -2.27. The van der Waals surface area contributed by atoms with E-state index < -0.39 is 18.4 Å². The van der Waals surface area contributed by atoms with Crippen LogP contribution in [0.15, 0.2) is 0 Å². The maximum absolute atomic E-state index is 12.2. The molecule has 0 bridgehead atoms. The molecule has 1 rings (SSSR count). The summed E-state index contributed by atoms with van der Waals surface area (Å²) in [4.78, 5) is 23.1. The molecule has 0 aliphatic heterocycles. The number of rotatable bonds is 5. The maximum atomic E-state index is 12.2. The molecule has 1 fully saturated rings. The van der Waals surface area contributed by atoms with E-state index in [9.17, 15) is 18.4 Å². The van der Waals surface area contributed by atoms with E-state index in [1.165, 1.54) is 6.42 Å². The summed E-state index contributed by atoms with van der Waals surface area (Å²) in [5.41, 5.74) is 0. The van der Waals surface area contributed by atoms with Crippen molar-refractivity contribution in [2.24, 2.45) is 5.92 Å². The van der Waals surface area contributed by atoms with Crippen LogP contribution in [-0.4, -0.2) is 30.3 Å². The highest BCUT2D eigenvalue weighted by Crippen LogP contribution is 2.17. The van der Waals surface area contributed by atoms with Gasteiger partial charge in [-0.2, -0.15) is 8.78 Å². The van der Waals surface area contributed by atoms with Crippen molar-refractivity contribution in [3.05, 3.63) is 0 Å². The summed E-state index contributed by atoms with van der Waals surface area (Å²) in [6.45, 7) is 3.44. The van der Waals surface area contributed by atoms with Gasteiger partial charge in [0.25, 0.3) is 5.91 Å². The molecule has 1 saturated carbocycles. The number of hydrogen-bond donors (Lipinski definition) is 2. The Morgan fingerprint density at radius 2 is 1.63 bits per heavy atom. The molecular weight excluding hydrogens is 254 g/mol. The normalized spacial score (nSPS) is 18.4. The molecule has 0 saturated heterocycles. The Morgan fingerprint density at radius 1 is 1.05 bits per heavy atom. The van der Waals surface area contributed by atoms with E-state index in [4.69, 9.17) is 0 Å². The number of nitrogens with one attached hydrogen (secondary N) is 2. The molecule has 4 nitrogen and oxygen atoms in total. The lowest BCUT2D eigenvalue weighted by molar-refractivity contribution is -0.136. The minimum Gasteiger partial charge on any atom is -0.352 e. The zero-order valence-electron chi connectivity index (χ0n) is 11.4. The first-order valence-electron chi connectivity index (χ1n) is 6.80. The molecule has 1 aliphatic carbocycles. The van der Waals surface area contributed by atoms with E-state index in [-0.39, 0.29) is 17.9 Å². The van der Waals surface area contributed by atoms with Crippen LogP contribution in [0.1, 0.15) is 46.0 Å². The van der Waals surface area contributed by atoms with Gasteiger partial charge in [0.15, 0.2) is 0 Å². The molecule has 0 unspecified atom stereocenters. The number of amides is 2. The number of halogens is 2. The standard InChI is InChI=1S/C13H22F2N2O2/c1-8(2)10(17-13(19)11(14)15)12(18)16-9-6-4-3-5-7-9/h8-11H,3-7H2,1-2H3,(H,16,18)(H,17,19)/t10-/m0/s1. The first-order valence-corrected chi connectivity index (χ1v) is 6.80. The van der Waals surface area contributed by atoms with Gasteiger partial charge < -0.3 is 10.6 Å². The molecule has 0 radical (unpaired) electrons. The third kappa shape index (κ3) is 5.12. The topological polar surface area (TPSA) is 58.2 Å². The smallest absolute Gasteiger partial charge is 0.315 e. The highest BCUT2D eigenvalue weighted by Gasteiger charge is 2.29. The first-order chi connectivity index (χ1) is 8.91. The van der Waals surface area contributed by atoms with Crippen molar-refractivity contribution in [3.63, 3.8) is 0 Å². The summed E-state index contributed by atoms with van der Waals surface area (Å²) in [7, 11) is 0. The number of carbonyl (C=O) groups is 2. The maximum Gasteiger partial charge on any atom is 0.315 e. The molecule has 1 atom stereocenters. The van der Waals surface area contributed by atoms with Gasteiger partial charge in [-0.25, -0.2) is 0 Å². The predicted molar refractivity (Wildman–Crippen MR) is 67.8 cm³/mol. The molecular formula is C13H22F2N2O2. The van der Waals surface area contributed by atoms with Gasteiger partial charge in [0, 0.05) is 6.04 Å². The van der Waals surface area contributed by atoms with Crippen LogP contribution in [0.3, 0.4) is 0 Å². The third-order valence-electron chi connectivity index (χ3n) is 3.40. The molecule has 0 heterocycles. The fourth-order valence-corrected chi connectivity index (χ4v) is 2.29. The SMILES string of the molecule is CC(C)[C@H](NC(=O)C(F)F)C(=O)NC1CCCCC1. The summed E-state index contributed by atoms with van der Waals surface area (Å²) >= 11 is 0. The van der Waals surface area contributed by atoms with Crippen LogP contribution in [-0.2, 0) is 9.59 Å². The van der Waals surface area contributed by atoms with Gasteiger partial charge in [-0.05, 0) is 18.8 Å². The van der Waals surface area contributed by atoms with Crippen molar-refractivity contribution in [2.45, 2.75) is 64.5 Å². The predicted octanol–water partition coefficient (Wildman–Crippen LogP) is 1.84. The van der Waals surface area contributed by atoms with Crippen LogP contribution in [0.5, 0.6) is 0 Å². The van der Waals surface area contributed by atoms with Crippen LogP contribution in [0.2, 0.25) is 0 Å². The Morgan fingerprint density at radius 3 is 2.11 bits per heavy atom. The lowest BCUT2D eigenvalue weighted by atomic mass is 9.94. The van der Waals surface area contributed by atoms with Gasteiger partial charge in [0.1, 0.15) is 6.04 Å². The molecule has 110 valence electrons. The Balaban J connectivity index is 2.54. The lowest BCUT2D eigenvalue weighted by Crippen LogP contribution is -2.53. The molecule has 6 heteroatoms. The Hall–Kier alpha value is -1.20. The monoisotopic (exact) mass is 276 g/mol. The zero-order chi connectivity index (χ0) is 14.4. The average molecular weight is 276 g/mol. The van der Waals surface area contributed by atoms with Gasteiger partial charge in [-0.3, -0.25) is 9.59 Å². The second-order valence-electron chi connectivity index (χ2n) is 5.37. The molecule has 19 heavy (non-hydrogen) atoms. The summed E-state index contributed by atoms with van der Waals surface area (Å²) in [6, 6.07) is -0.797. The number of hydrogen-bond acceptors (Lipinski definition) is 2. The van der Waals surface area contributed by atoms with E-state index in [2.05, 4.69) is 10.6 Å². The van der Waals surface area contributed by atoms with Crippen LogP contribution in [0, 0.1) is 5.92 Å². The van der Waals surface area contributed by atoms with Gasteiger partial charge in [-0.15, -0.1) is 0 Å². The molecule has 2 amide bonds. The molecule has 0 spiro atoms. The molecule has 1 aliphatic rings. The Labute approximate surface area is 112 Å². The molecule has 0 aromatic carbocycles. The van der Waals surface area contributed by atoms with Crippen molar-refractivity contribution < 1.29 is 18.4 Å². The zero-order valence-corrected chi connectivity index (χ0v) is 11.4. The first kappa shape index (κ1) is 15.9. The van der Waals surface area contributed by atoms with E-state index >= 15 is 0 Å². The van der Waals surface area contributed by atoms with Gasteiger partial charge in [-0.1, -0.05) is 33.1 Å². The van der Waals surface area contributed by atoms with Crippen molar-refractivity contribution in [2.75, 3.05) is 0 Å². The largest absolute Gasteiger partial charge is 0.352 e. The van der Waals surface area contributed by atoms with E-state index in [0.717, 1.165) is 25.7 Å². The molecule has 0 aromatic heterocycles. The van der Waals surface area contributed by atoms with Crippen LogP contribution < -0.4 is 10.6 Å². The minimum atomic E-state index is -3.09. The van der Waals surface area contributed by atoms with Crippen LogP contribution in [0.4, 0.5) is 8.78 Å². The van der Waals surface area contributed by atoms with E-state index in [1.54, 1.807) is 13.8 Å². The van der Waals surface area contributed by atoms with Crippen molar-refractivity contribution in [1.29, 1.82) is 0 Å². The van der Waals surface area contributed by atoms with Crippen molar-refractivity contribution in [1.82, 2.24) is 10.6 Å².